The maximum atomic E-state index is 13.0. The summed E-state index contributed by atoms with van der Waals surface area (Å²) in [5.41, 5.74) is 24.7. The number of Topliss-reactive ketones (excluding diaryl/α,β-unsaturated/α-hetero) is 2. The van der Waals surface area contributed by atoms with E-state index in [-0.39, 0.29) is 58.8 Å². The molecule has 5 aliphatic rings. The average molecular weight is 1530 g/mol. The molecule has 9 aromatic heterocycles. The highest BCUT2D eigenvalue weighted by Crippen LogP contribution is 2.46. The Bertz CT molecular complexity index is 5810. The van der Waals surface area contributed by atoms with Crippen LogP contribution in [0.25, 0.3) is 57.7 Å². The van der Waals surface area contributed by atoms with Gasteiger partial charge in [0.05, 0.1) is 34.1 Å². The first-order valence-electron chi connectivity index (χ1n) is 38.0. The number of aryl methyl sites for hydroxylation is 4. The fraction of sp³-hybridized carbons (Fsp3) is 0.302. The number of anilines is 1. The molecule has 2 saturated heterocycles. The van der Waals surface area contributed by atoms with E-state index >= 15 is 0 Å². The lowest BCUT2D eigenvalue weighted by Gasteiger charge is -2.21. The van der Waals surface area contributed by atoms with Gasteiger partial charge in [-0.15, -0.1) is 16.7 Å². The van der Waals surface area contributed by atoms with Crippen LogP contribution in [-0.4, -0.2) is 138 Å². The molecule has 0 radical (unpaired) electrons. The number of aromatic amines is 1. The number of nitrogens with two attached hydrogens (primary N) is 1. The minimum atomic E-state index is -0.402. The number of carbonyl (C=O) groups excluding carboxylic acids is 3. The van der Waals surface area contributed by atoms with Gasteiger partial charge in [-0.05, 0) is 167 Å². The van der Waals surface area contributed by atoms with Gasteiger partial charge in [-0.3, -0.25) is 44.4 Å². The Hall–Kier alpha value is -12.6. The summed E-state index contributed by atoms with van der Waals surface area (Å²) < 4.78 is 4.79. The molecular weight excluding hydrogens is 1440 g/mol. The van der Waals surface area contributed by atoms with Gasteiger partial charge >= 0.3 is 0 Å². The first kappa shape index (κ1) is 77.2. The molecule has 0 spiro atoms. The van der Waals surface area contributed by atoms with E-state index in [2.05, 4.69) is 105 Å². The monoisotopic (exact) mass is 1530 g/mol. The third kappa shape index (κ3) is 17.5. The second kappa shape index (κ2) is 34.4. The third-order valence-corrected chi connectivity index (χ3v) is 21.5. The van der Waals surface area contributed by atoms with Crippen LogP contribution >= 0.6 is 11.6 Å². The summed E-state index contributed by atoms with van der Waals surface area (Å²) in [5.74, 6) is 5.07. The second-order valence-corrected chi connectivity index (χ2v) is 29.7. The fourth-order valence-corrected chi connectivity index (χ4v) is 16.0. The summed E-state index contributed by atoms with van der Waals surface area (Å²) in [7, 11) is 0. The molecule has 27 heteroatoms. The van der Waals surface area contributed by atoms with Crippen LogP contribution in [0, 0.1) is 55.6 Å². The number of pyridine rings is 1. The van der Waals surface area contributed by atoms with Crippen LogP contribution in [0.2, 0.25) is 0 Å². The number of nitrogens with zero attached hydrogens (tertiary/aromatic N) is 18. The van der Waals surface area contributed by atoms with Crippen molar-refractivity contribution in [2.75, 3.05) is 31.1 Å². The van der Waals surface area contributed by atoms with Crippen LogP contribution in [0.3, 0.4) is 0 Å². The molecule has 0 bridgehead atoms. The Morgan fingerprint density at radius 3 is 2.31 bits per heavy atom. The van der Waals surface area contributed by atoms with Gasteiger partial charge in [0.25, 0.3) is 22.9 Å². The molecule has 113 heavy (non-hydrogen) atoms. The second-order valence-electron chi connectivity index (χ2n) is 29.5. The van der Waals surface area contributed by atoms with E-state index in [0.29, 0.717) is 57.3 Å². The molecule has 574 valence electrons. The molecule has 3 aliphatic carbocycles. The van der Waals surface area contributed by atoms with Gasteiger partial charge in [-0.2, -0.15) is 14.1 Å². The Balaban J connectivity index is 0.000000117. The summed E-state index contributed by atoms with van der Waals surface area (Å²) in [6.07, 6.45) is 26.1. The third-order valence-electron chi connectivity index (χ3n) is 21.2. The standard InChI is InChI=1S/C20H19NO3.C19H19N5.C19H20N4O.C15H13ClN4O2.C13H16N6/c1-13-11-17-12-16(7-10-19(17)20(13)14(2)22)4-3-15-5-8-18(9-6-15)21(23)24;1-11-5-3-6-13-9-15-17(16(11)13)19-22-18(14-7-4-8-20-10-14)23-24(19)12(2)21-15;1-14-17(18-20-9-5-10-23(18)21-14)19(24)22-11-8-16(13-22)12-15-6-3-2-4-7-15;1-9-3-2-4-10(5-9)13(21)6-11-12(7-16)19-15-17-8-18-20(15)14(11)22;1-9-6-12(19-5-2-10(14)8-19)18-13(17-9)11-7-15-3-4-16-11/h3-10,12-13,20H,11H2,1-2H3;4,7-8,10-11H,3,5-6,9H2,1-2H3;2-7,9-10,16H,8,11-13H2,1H3;2-5,8H,6-7H2,1H3,(H,17,18,19);3-4,6-7,10H,2,5,8,14H2,1H3/b4-3+;;;;/t13-,20?;11-;16-;;/m001../s1. The molecule has 1 amide bonds. The predicted molar refractivity (Wildman–Crippen MR) is 434 cm³/mol. The van der Waals surface area contributed by atoms with Gasteiger partial charge in [-0.1, -0.05) is 104 Å². The molecule has 18 rings (SSSR count). The van der Waals surface area contributed by atoms with E-state index in [1.165, 1.54) is 70.2 Å². The minimum Gasteiger partial charge on any atom is -0.355 e. The highest BCUT2D eigenvalue weighted by Gasteiger charge is 2.35. The maximum absolute atomic E-state index is 13.0. The number of nitrogens with one attached hydrogen (secondary N) is 1. The van der Waals surface area contributed by atoms with Crippen LogP contribution in [0.5, 0.6) is 0 Å². The fourth-order valence-electron chi connectivity index (χ4n) is 15.8. The van der Waals surface area contributed by atoms with Crippen molar-refractivity contribution < 1.29 is 19.3 Å². The quantitative estimate of drug-likeness (QED) is 0.0336. The lowest BCUT2D eigenvalue weighted by molar-refractivity contribution is -0.384. The highest BCUT2D eigenvalue weighted by molar-refractivity contribution is 6.17. The highest BCUT2D eigenvalue weighted by atomic mass is 35.5. The first-order valence-corrected chi connectivity index (χ1v) is 38.6. The van der Waals surface area contributed by atoms with Crippen molar-refractivity contribution in [2.24, 2.45) is 23.5 Å². The number of carbonyl (C=O) groups is 3. The van der Waals surface area contributed by atoms with Crippen molar-refractivity contribution >= 4 is 75.4 Å². The van der Waals surface area contributed by atoms with E-state index in [0.717, 1.165) is 121 Å². The van der Waals surface area contributed by atoms with Crippen LogP contribution in [-0.2, 0) is 36.4 Å². The van der Waals surface area contributed by atoms with E-state index in [9.17, 15) is 29.3 Å². The van der Waals surface area contributed by atoms with Crippen LogP contribution < -0.4 is 16.2 Å². The van der Waals surface area contributed by atoms with Crippen molar-refractivity contribution in [2.45, 2.75) is 124 Å². The van der Waals surface area contributed by atoms with Gasteiger partial charge in [0.15, 0.2) is 28.7 Å². The van der Waals surface area contributed by atoms with Crippen LogP contribution in [0.1, 0.15) is 153 Å². The number of likely N-dealkylation sites (tertiary alicyclic amines) is 1. The van der Waals surface area contributed by atoms with E-state index in [4.69, 9.17) is 32.4 Å². The van der Waals surface area contributed by atoms with E-state index in [1.54, 1.807) is 72.3 Å². The Labute approximate surface area is 657 Å². The van der Waals surface area contributed by atoms with Crippen molar-refractivity contribution in [1.29, 1.82) is 0 Å². The number of halogens is 1. The van der Waals surface area contributed by atoms with Crippen molar-refractivity contribution in [1.82, 2.24) is 83.6 Å². The number of rotatable bonds is 14. The number of alkyl halides is 1. The summed E-state index contributed by atoms with van der Waals surface area (Å²) in [4.78, 5) is 108. The van der Waals surface area contributed by atoms with Crippen LogP contribution in [0.4, 0.5) is 11.5 Å². The molecule has 2 aliphatic heterocycles. The molecular formula is C86H87ClN20O6. The number of nitro benzene ring substituents is 1. The van der Waals surface area contributed by atoms with Gasteiger partial charge in [0.2, 0.25) is 0 Å². The smallest absolute Gasteiger partial charge is 0.277 e. The SMILES string of the molecule is CC(=O)C1c2ccc(/C=C/c3ccc([N+](=O)[O-])cc3)cc2C[C@@H]1C.Cc1cc(N2CCC(N)C2)nc(-c2cnccn2)n1.Cc1cccc(C(=O)Cc2c(CCl)nc3nc[nH]n3c2=O)c1.Cc1nc2c(c3nc(-c4cccnc4)nn13)C1=C(CCC[C@@H]1C)C2.Cc1nn2cccnc2c1C(=O)N1CC[C@H](Cc2ccccc2)C1. The molecule has 13 aromatic rings. The first-order chi connectivity index (χ1) is 54.7. The van der Waals surface area contributed by atoms with Crippen molar-refractivity contribution in [3.8, 4) is 22.9 Å². The average Bonchev–Trinajstić information content (AvgIpc) is 1.58. The molecule has 11 heterocycles. The number of allylic oxidation sites excluding steroid dienone is 2. The number of fused-ring (bicyclic) bond motifs is 7. The Morgan fingerprint density at radius 1 is 0.761 bits per heavy atom. The van der Waals surface area contributed by atoms with Gasteiger partial charge in [0, 0.05) is 134 Å². The minimum absolute atomic E-state index is 0.0210. The van der Waals surface area contributed by atoms with Crippen LogP contribution in [0.15, 0.2) is 181 Å². The van der Waals surface area contributed by atoms with E-state index < -0.39 is 4.92 Å². The number of H-pyrrole nitrogens is 1. The molecule has 4 aromatic carbocycles. The van der Waals surface area contributed by atoms with Crippen molar-refractivity contribution in [3.05, 3.63) is 281 Å². The lowest BCUT2D eigenvalue weighted by atomic mass is 9.84. The number of amides is 1. The molecule has 2 unspecified atom stereocenters. The Morgan fingerprint density at radius 2 is 1.57 bits per heavy atom. The van der Waals surface area contributed by atoms with E-state index in [1.807, 2.05) is 110 Å². The lowest BCUT2D eigenvalue weighted by Crippen LogP contribution is -2.29. The largest absolute Gasteiger partial charge is 0.355 e. The summed E-state index contributed by atoms with van der Waals surface area (Å²) in [5, 5.41) is 22.4. The van der Waals surface area contributed by atoms with Gasteiger partial charge in [0.1, 0.15) is 35.0 Å². The zero-order valence-corrected chi connectivity index (χ0v) is 64.8. The molecule has 2 fully saturated rings. The number of non-ortho nitro benzene ring substituents is 1. The molecule has 3 N–H and O–H groups in total. The predicted octanol–water partition coefficient (Wildman–Crippen LogP) is 13.7. The van der Waals surface area contributed by atoms with Crippen molar-refractivity contribution in [3.63, 3.8) is 0 Å². The zero-order valence-electron chi connectivity index (χ0n) is 64.1. The Kier molecular flexibility index (Phi) is 23.5. The normalized spacial score (nSPS) is 17.3. The zero-order chi connectivity index (χ0) is 79.0. The molecule has 26 nitrogen and oxygen atoms in total. The summed E-state index contributed by atoms with van der Waals surface area (Å²) in [6.45, 7) is 17.3. The summed E-state index contributed by atoms with van der Waals surface area (Å²) >= 11 is 5.87. The number of hydrogen-bond acceptors (Lipinski definition) is 20. The molecule has 0 saturated carbocycles. The number of nitro groups is 1. The summed E-state index contributed by atoms with van der Waals surface area (Å²) in [6, 6.07) is 38.4. The molecule has 5 atom stereocenters. The number of benzene rings is 4. The number of hydrogen-bond donors (Lipinski definition) is 2. The van der Waals surface area contributed by atoms with Gasteiger partial charge in [-0.25, -0.2) is 44.4 Å². The number of aromatic nitrogens is 16. The topological polar surface area (TPSA) is 328 Å². The number of ketones is 2. The van der Waals surface area contributed by atoms with Gasteiger partial charge < -0.3 is 15.5 Å². The maximum Gasteiger partial charge on any atom is 0.277 e.